The molecule has 5 atom stereocenters. The lowest BCUT2D eigenvalue weighted by atomic mass is 9.82. The number of nitro groups is 1. The number of anilines is 2. The highest BCUT2D eigenvalue weighted by atomic mass is 28.4. The number of aliphatic hydroxyl groups excluding tert-OH is 1. The summed E-state index contributed by atoms with van der Waals surface area (Å²) in [7, 11) is -1.99. The number of aryl methyl sites for hydroxylation is 1. The number of nitro benzene ring substituents is 1. The minimum atomic E-state index is -3.54. The first-order chi connectivity index (χ1) is 26.8. The number of nitrogens with one attached hydrogen (secondary N) is 1. The van der Waals surface area contributed by atoms with E-state index in [4.69, 9.17) is 9.47 Å². The zero-order chi connectivity index (χ0) is 39.8. The number of carbonyl (C=O) groups is 2. The summed E-state index contributed by atoms with van der Waals surface area (Å²) < 4.78 is 30.1. The number of nitrogens with zero attached hydrogens (tertiary/aromatic N) is 5. The van der Waals surface area contributed by atoms with Crippen molar-refractivity contribution in [3.63, 3.8) is 0 Å². The van der Waals surface area contributed by atoms with Gasteiger partial charge in [0, 0.05) is 53.1 Å². The molecule has 4 aromatic carbocycles. The molecule has 13 nitrogen and oxygen atoms in total. The minimum Gasteiger partial charge on any atom is -0.497 e. The number of amides is 2. The molecule has 1 aromatic heterocycles. The van der Waals surface area contributed by atoms with E-state index in [9.17, 15) is 24.8 Å². The summed E-state index contributed by atoms with van der Waals surface area (Å²) in [4.78, 5) is 41.0. The Morgan fingerprint density at radius 1 is 1.09 bits per heavy atom. The Bertz CT molecular complexity index is 2250. The summed E-state index contributed by atoms with van der Waals surface area (Å²) in [5.74, 6) is -1.18. The van der Waals surface area contributed by atoms with Crippen LogP contribution in [-0.2, 0) is 28.2 Å². The minimum absolute atomic E-state index is 0.0642. The van der Waals surface area contributed by atoms with Gasteiger partial charge >= 0.3 is 0 Å². The van der Waals surface area contributed by atoms with Crippen LogP contribution in [0.2, 0.25) is 18.6 Å². The summed E-state index contributed by atoms with van der Waals surface area (Å²) >= 11 is 0. The normalized spacial score (nSPS) is 20.9. The van der Waals surface area contributed by atoms with Gasteiger partial charge in [0.15, 0.2) is 5.60 Å². The van der Waals surface area contributed by atoms with Crippen molar-refractivity contribution in [2.75, 3.05) is 23.9 Å². The average Bonchev–Trinajstić information content (AvgIpc) is 3.84. The number of hydrogen-bond donors (Lipinski definition) is 2. The van der Waals surface area contributed by atoms with Gasteiger partial charge in [-0.05, 0) is 73.1 Å². The standard InChI is InChI=1S/C41H43FN6O7Si/c1-26-38(56(3,4)42)37(19-20-46-24-35(44-45-46)33(25-49)28-10-6-5-7-11-28)55-41(26)34-22-31(48(52)53)15-18-36(34)47(40(41)51)23-27-9-8-12-30(21-27)43-39(50)29-13-16-32(54-2)17-14-29/h5-18,21-22,24,26,33,37-38,49H,19-20,23,25H2,1-4H3,(H,43,50)/t26-,33?,37+,38-,41+/m1/s1. The van der Waals surface area contributed by atoms with Gasteiger partial charge < -0.3 is 28.9 Å². The zero-order valence-corrected chi connectivity index (χ0v) is 32.5. The molecule has 1 unspecified atom stereocenters. The number of methoxy groups -OCH3 is 1. The van der Waals surface area contributed by atoms with Crippen LogP contribution in [0.15, 0.2) is 103 Å². The van der Waals surface area contributed by atoms with Crippen molar-refractivity contribution < 1.29 is 33.2 Å². The predicted octanol–water partition coefficient (Wildman–Crippen LogP) is 6.98. The van der Waals surface area contributed by atoms with E-state index < -0.39 is 42.4 Å². The molecule has 56 heavy (non-hydrogen) atoms. The van der Waals surface area contributed by atoms with Crippen LogP contribution in [-0.4, -0.2) is 65.1 Å². The molecule has 3 heterocycles. The smallest absolute Gasteiger partial charge is 0.269 e. The van der Waals surface area contributed by atoms with Crippen molar-refractivity contribution in [2.45, 2.75) is 62.7 Å². The molecule has 2 aliphatic rings. The van der Waals surface area contributed by atoms with Gasteiger partial charge in [-0.3, -0.25) is 24.4 Å². The van der Waals surface area contributed by atoms with Crippen molar-refractivity contribution >= 4 is 37.3 Å². The molecule has 0 bridgehead atoms. The summed E-state index contributed by atoms with van der Waals surface area (Å²) in [5.41, 5.74) is 1.34. The highest BCUT2D eigenvalue weighted by Gasteiger charge is 2.67. The Morgan fingerprint density at radius 3 is 2.52 bits per heavy atom. The molecule has 0 radical (unpaired) electrons. The molecule has 0 saturated carbocycles. The summed E-state index contributed by atoms with van der Waals surface area (Å²) in [6.07, 6.45) is 1.33. The first-order valence-corrected chi connectivity index (χ1v) is 21.4. The number of aromatic nitrogens is 3. The van der Waals surface area contributed by atoms with Crippen molar-refractivity contribution in [1.29, 1.82) is 0 Å². The summed E-state index contributed by atoms with van der Waals surface area (Å²) in [6, 6.07) is 27.6. The first-order valence-electron chi connectivity index (χ1n) is 18.4. The Balaban J connectivity index is 1.17. The number of fused-ring (bicyclic) bond motifs is 2. The van der Waals surface area contributed by atoms with Crippen LogP contribution in [0.4, 0.5) is 21.2 Å². The van der Waals surface area contributed by atoms with Crippen LogP contribution in [0.1, 0.15) is 52.0 Å². The third-order valence-electron chi connectivity index (χ3n) is 11.0. The number of rotatable bonds is 13. The number of ether oxygens (including phenoxy) is 2. The second kappa shape index (κ2) is 15.4. The lowest BCUT2D eigenvalue weighted by Crippen LogP contribution is -2.45. The molecule has 5 aromatic rings. The van der Waals surface area contributed by atoms with E-state index in [-0.39, 0.29) is 30.7 Å². The van der Waals surface area contributed by atoms with Gasteiger partial charge in [0.2, 0.25) is 8.41 Å². The van der Waals surface area contributed by atoms with Gasteiger partial charge in [0.1, 0.15) is 5.75 Å². The second-order valence-corrected chi connectivity index (χ2v) is 18.6. The average molecular weight is 779 g/mol. The van der Waals surface area contributed by atoms with Crippen LogP contribution in [0.3, 0.4) is 0 Å². The summed E-state index contributed by atoms with van der Waals surface area (Å²) in [6.45, 7) is 5.20. The van der Waals surface area contributed by atoms with Crippen LogP contribution in [0.5, 0.6) is 5.75 Å². The number of aliphatic hydroxyl groups is 1. The highest BCUT2D eigenvalue weighted by Crippen LogP contribution is 2.60. The number of hydrogen-bond acceptors (Lipinski definition) is 9. The summed E-state index contributed by atoms with van der Waals surface area (Å²) in [5, 5.41) is 33.7. The van der Waals surface area contributed by atoms with E-state index in [1.54, 1.807) is 86.5 Å². The molecule has 290 valence electrons. The molecular formula is C41H43FN6O7Si. The second-order valence-electron chi connectivity index (χ2n) is 14.8. The van der Waals surface area contributed by atoms with E-state index in [1.165, 1.54) is 17.0 Å². The van der Waals surface area contributed by atoms with E-state index in [0.717, 1.165) is 5.56 Å². The third kappa shape index (κ3) is 7.20. The van der Waals surface area contributed by atoms with Crippen molar-refractivity contribution in [3.8, 4) is 5.75 Å². The zero-order valence-electron chi connectivity index (χ0n) is 31.5. The SMILES string of the molecule is COc1ccc(C(=O)Nc2cccc(CN3C(=O)[C@@]4(O[C@@H](CCn5cc(C(CO)c6ccccc6)nn5)[C@H]([Si](C)(C)F)[C@H]4C)c4cc([N+](=O)[O-])ccc43)c2)cc1. The number of halogens is 1. The van der Waals surface area contributed by atoms with Gasteiger partial charge in [-0.1, -0.05) is 54.6 Å². The molecule has 1 spiro atoms. The lowest BCUT2D eigenvalue weighted by Gasteiger charge is -2.31. The molecular weight excluding hydrogens is 736 g/mol. The first kappa shape index (κ1) is 38.5. The maximum absolute atomic E-state index is 16.5. The molecule has 0 aliphatic carbocycles. The fraction of sp³-hybridized carbons (Fsp3) is 0.317. The lowest BCUT2D eigenvalue weighted by molar-refractivity contribution is -0.385. The maximum Gasteiger partial charge on any atom is 0.269 e. The van der Waals surface area contributed by atoms with Gasteiger partial charge in [0.05, 0.1) is 48.6 Å². The van der Waals surface area contributed by atoms with Crippen molar-refractivity contribution in [3.05, 3.63) is 141 Å². The Hall–Kier alpha value is -5.77. The van der Waals surface area contributed by atoms with Crippen molar-refractivity contribution in [2.24, 2.45) is 5.92 Å². The molecule has 7 rings (SSSR count). The topological polar surface area (TPSA) is 162 Å². The van der Waals surface area contributed by atoms with E-state index in [2.05, 4.69) is 15.6 Å². The number of benzene rings is 4. The quantitative estimate of drug-likeness (QED) is 0.0556. The fourth-order valence-electron chi connectivity index (χ4n) is 8.35. The van der Waals surface area contributed by atoms with E-state index in [0.29, 0.717) is 52.5 Å². The van der Waals surface area contributed by atoms with E-state index in [1.807, 2.05) is 36.4 Å². The Morgan fingerprint density at radius 2 is 1.84 bits per heavy atom. The third-order valence-corrected chi connectivity index (χ3v) is 13.4. The number of non-ortho nitro benzene ring substituents is 1. The molecule has 2 N–H and O–H groups in total. The van der Waals surface area contributed by atoms with Gasteiger partial charge in [0.25, 0.3) is 17.5 Å². The molecule has 15 heteroatoms. The van der Waals surface area contributed by atoms with Gasteiger partial charge in [-0.25, -0.2) is 0 Å². The van der Waals surface area contributed by atoms with Crippen LogP contribution >= 0.6 is 0 Å². The Labute approximate surface area is 324 Å². The van der Waals surface area contributed by atoms with Gasteiger partial charge in [-0.2, -0.15) is 0 Å². The molecule has 2 amide bonds. The molecule has 1 saturated heterocycles. The number of carbonyl (C=O) groups excluding carboxylic acids is 2. The van der Waals surface area contributed by atoms with Crippen LogP contribution in [0, 0.1) is 16.0 Å². The molecule has 2 aliphatic heterocycles. The Kier molecular flexibility index (Phi) is 10.6. The monoisotopic (exact) mass is 778 g/mol. The van der Waals surface area contributed by atoms with Crippen LogP contribution < -0.4 is 15.0 Å². The van der Waals surface area contributed by atoms with Gasteiger partial charge in [-0.15, -0.1) is 5.10 Å². The predicted molar refractivity (Wildman–Crippen MR) is 210 cm³/mol. The highest BCUT2D eigenvalue weighted by molar-refractivity contribution is 6.72. The van der Waals surface area contributed by atoms with Crippen LogP contribution in [0.25, 0.3) is 0 Å². The fourth-order valence-corrected chi connectivity index (χ4v) is 10.9. The maximum atomic E-state index is 16.5. The van der Waals surface area contributed by atoms with Crippen molar-refractivity contribution in [1.82, 2.24) is 15.0 Å². The molecule has 1 fully saturated rings. The van der Waals surface area contributed by atoms with E-state index >= 15 is 4.11 Å². The largest absolute Gasteiger partial charge is 0.497 e.